The van der Waals surface area contributed by atoms with Crippen LogP contribution in [0.4, 0.5) is 0 Å². The molecule has 1 heteroatoms. The van der Waals surface area contributed by atoms with Gasteiger partial charge in [-0.25, -0.2) is 0 Å². The van der Waals surface area contributed by atoms with Crippen LogP contribution in [-0.2, 0) is 0 Å². The van der Waals surface area contributed by atoms with E-state index >= 15 is 0 Å². The minimum absolute atomic E-state index is 0.279. The van der Waals surface area contributed by atoms with Crippen molar-refractivity contribution in [2.45, 2.75) is 26.7 Å². The fourth-order valence-corrected chi connectivity index (χ4v) is 1.09. The van der Waals surface area contributed by atoms with Gasteiger partial charge in [0.15, 0.2) is 0 Å². The van der Waals surface area contributed by atoms with Crippen LogP contribution in [0.2, 0.25) is 0 Å². The fourth-order valence-electron chi connectivity index (χ4n) is 1.09. The summed E-state index contributed by atoms with van der Waals surface area (Å²) < 4.78 is 0. The summed E-state index contributed by atoms with van der Waals surface area (Å²) in [5, 5.41) is 8.66. The highest BCUT2D eigenvalue weighted by Gasteiger charge is 2.10. The number of hydrogen-bond acceptors (Lipinski definition) is 1. The molecule has 0 aromatic carbocycles. The number of allylic oxidation sites excluding steroid dienone is 1. The van der Waals surface area contributed by atoms with Crippen LogP contribution >= 0.6 is 0 Å². The molecule has 1 N–H and O–H groups in total. The van der Waals surface area contributed by atoms with Crippen molar-refractivity contribution >= 4 is 0 Å². The highest BCUT2D eigenvalue weighted by atomic mass is 16.3. The van der Waals surface area contributed by atoms with Gasteiger partial charge in [-0.1, -0.05) is 26.3 Å². The Bertz CT molecular complexity index is 88.7. The monoisotopic (exact) mass is 142 g/mol. The lowest BCUT2D eigenvalue weighted by Gasteiger charge is -2.17. The Balaban J connectivity index is 3.67. The molecule has 1 nitrogen and oxygen atoms in total. The molecule has 0 saturated heterocycles. The highest BCUT2D eigenvalue weighted by Crippen LogP contribution is 2.18. The summed E-state index contributed by atoms with van der Waals surface area (Å²) in [6.45, 7) is 8.38. The smallest absolute Gasteiger partial charge is 0.0436 e. The van der Waals surface area contributed by atoms with Crippen molar-refractivity contribution in [2.24, 2.45) is 11.8 Å². The van der Waals surface area contributed by atoms with E-state index in [4.69, 9.17) is 5.11 Å². The normalized spacial score (nSPS) is 16.3. The average molecular weight is 142 g/mol. The first-order chi connectivity index (χ1) is 4.76. The van der Waals surface area contributed by atoms with E-state index in [1.165, 1.54) is 0 Å². The second kappa shape index (κ2) is 5.48. The lowest BCUT2D eigenvalue weighted by atomic mass is 9.89. The van der Waals surface area contributed by atoms with Crippen LogP contribution < -0.4 is 0 Å². The first-order valence-corrected chi connectivity index (χ1v) is 3.99. The van der Waals surface area contributed by atoms with E-state index in [1.54, 1.807) is 0 Å². The van der Waals surface area contributed by atoms with Crippen molar-refractivity contribution in [3.63, 3.8) is 0 Å². The molecule has 0 saturated carbocycles. The number of aliphatic hydroxyl groups is 1. The third-order valence-corrected chi connectivity index (χ3v) is 2.14. The molecule has 10 heavy (non-hydrogen) atoms. The van der Waals surface area contributed by atoms with E-state index in [1.807, 2.05) is 6.08 Å². The van der Waals surface area contributed by atoms with E-state index in [-0.39, 0.29) is 6.61 Å². The van der Waals surface area contributed by atoms with E-state index < -0.39 is 0 Å². The number of hydrogen-bond donors (Lipinski definition) is 1. The lowest BCUT2D eigenvalue weighted by molar-refractivity contribution is 0.246. The van der Waals surface area contributed by atoms with Crippen molar-refractivity contribution in [1.82, 2.24) is 0 Å². The van der Waals surface area contributed by atoms with Gasteiger partial charge in [0.2, 0.25) is 0 Å². The Morgan fingerprint density at radius 2 is 2.20 bits per heavy atom. The molecule has 60 valence electrons. The highest BCUT2D eigenvalue weighted by molar-refractivity contribution is 4.81. The Kier molecular flexibility index (Phi) is 5.32. The van der Waals surface area contributed by atoms with Gasteiger partial charge in [-0.15, -0.1) is 6.58 Å². The van der Waals surface area contributed by atoms with Gasteiger partial charge in [0.05, 0.1) is 0 Å². The van der Waals surface area contributed by atoms with Crippen molar-refractivity contribution in [2.75, 3.05) is 6.61 Å². The molecule has 0 heterocycles. The minimum Gasteiger partial charge on any atom is -0.396 e. The van der Waals surface area contributed by atoms with Crippen molar-refractivity contribution < 1.29 is 5.11 Å². The van der Waals surface area contributed by atoms with E-state index in [0.717, 1.165) is 12.8 Å². The van der Waals surface area contributed by atoms with Crippen LogP contribution in [0.3, 0.4) is 0 Å². The van der Waals surface area contributed by atoms with Gasteiger partial charge in [-0.05, 0) is 18.3 Å². The molecule has 0 aromatic rings. The quantitative estimate of drug-likeness (QED) is 0.583. The summed E-state index contributed by atoms with van der Waals surface area (Å²) in [5.74, 6) is 1.15. The number of rotatable bonds is 5. The third-order valence-electron chi connectivity index (χ3n) is 2.14. The zero-order valence-electron chi connectivity index (χ0n) is 7.01. The summed E-state index contributed by atoms with van der Waals surface area (Å²) in [5.41, 5.74) is 0. The SMILES string of the molecule is C=C[C@@H](CCO)[C@@H](C)CC. The summed E-state index contributed by atoms with van der Waals surface area (Å²) in [7, 11) is 0. The Hall–Kier alpha value is -0.300. The van der Waals surface area contributed by atoms with E-state index in [0.29, 0.717) is 11.8 Å². The molecular weight excluding hydrogens is 124 g/mol. The maximum absolute atomic E-state index is 8.66. The molecule has 0 bridgehead atoms. The standard InChI is InChI=1S/C9H18O/c1-4-8(3)9(5-2)6-7-10/h5,8-10H,2,4,6-7H2,1,3H3/t8-,9-/m0/s1. The second-order valence-electron chi connectivity index (χ2n) is 2.80. The van der Waals surface area contributed by atoms with Gasteiger partial charge in [-0.3, -0.25) is 0 Å². The maximum Gasteiger partial charge on any atom is 0.0436 e. The first-order valence-electron chi connectivity index (χ1n) is 3.99. The zero-order chi connectivity index (χ0) is 7.98. The fraction of sp³-hybridized carbons (Fsp3) is 0.778. The molecule has 0 rings (SSSR count). The van der Waals surface area contributed by atoms with Crippen LogP contribution in [0, 0.1) is 11.8 Å². The molecule has 0 aliphatic carbocycles. The largest absolute Gasteiger partial charge is 0.396 e. The minimum atomic E-state index is 0.279. The molecule has 0 radical (unpaired) electrons. The van der Waals surface area contributed by atoms with Crippen LogP contribution in [0.1, 0.15) is 26.7 Å². The van der Waals surface area contributed by atoms with Crippen molar-refractivity contribution in [1.29, 1.82) is 0 Å². The summed E-state index contributed by atoms with van der Waals surface area (Å²) >= 11 is 0. The second-order valence-corrected chi connectivity index (χ2v) is 2.80. The predicted octanol–water partition coefficient (Wildman–Crippen LogP) is 2.22. The third kappa shape index (κ3) is 3.02. The van der Waals surface area contributed by atoms with E-state index in [9.17, 15) is 0 Å². The first kappa shape index (κ1) is 9.70. The lowest BCUT2D eigenvalue weighted by Crippen LogP contribution is -2.09. The van der Waals surface area contributed by atoms with Gasteiger partial charge in [0.1, 0.15) is 0 Å². The van der Waals surface area contributed by atoms with Crippen molar-refractivity contribution in [3.8, 4) is 0 Å². The molecule has 0 amide bonds. The topological polar surface area (TPSA) is 20.2 Å². The van der Waals surface area contributed by atoms with Gasteiger partial charge >= 0.3 is 0 Å². The molecule has 0 aliphatic rings. The summed E-state index contributed by atoms with van der Waals surface area (Å²) in [6.07, 6.45) is 3.97. The van der Waals surface area contributed by atoms with Gasteiger partial charge < -0.3 is 5.11 Å². The van der Waals surface area contributed by atoms with Crippen LogP contribution in [0.25, 0.3) is 0 Å². The van der Waals surface area contributed by atoms with Crippen molar-refractivity contribution in [3.05, 3.63) is 12.7 Å². The van der Waals surface area contributed by atoms with Crippen LogP contribution in [0.5, 0.6) is 0 Å². The Labute approximate surface area is 63.8 Å². The zero-order valence-corrected chi connectivity index (χ0v) is 7.01. The summed E-state index contributed by atoms with van der Waals surface area (Å²) in [4.78, 5) is 0. The molecule has 0 spiro atoms. The molecule has 0 aromatic heterocycles. The van der Waals surface area contributed by atoms with Crippen LogP contribution in [0.15, 0.2) is 12.7 Å². The number of aliphatic hydroxyl groups excluding tert-OH is 1. The molecule has 0 aliphatic heterocycles. The van der Waals surface area contributed by atoms with Gasteiger partial charge in [0, 0.05) is 6.61 Å². The molecule has 0 fully saturated rings. The maximum atomic E-state index is 8.66. The average Bonchev–Trinajstić information content (AvgIpc) is 1.99. The predicted molar refractivity (Wildman–Crippen MR) is 44.8 cm³/mol. The molecule has 0 unspecified atom stereocenters. The molecule has 2 atom stereocenters. The summed E-state index contributed by atoms with van der Waals surface area (Å²) in [6, 6.07) is 0. The van der Waals surface area contributed by atoms with Gasteiger partial charge in [-0.2, -0.15) is 0 Å². The Morgan fingerprint density at radius 3 is 2.50 bits per heavy atom. The van der Waals surface area contributed by atoms with Gasteiger partial charge in [0.25, 0.3) is 0 Å². The van der Waals surface area contributed by atoms with Crippen LogP contribution in [-0.4, -0.2) is 11.7 Å². The van der Waals surface area contributed by atoms with E-state index in [2.05, 4.69) is 20.4 Å². The molecular formula is C9H18O. The Morgan fingerprint density at radius 1 is 1.60 bits per heavy atom.